The monoisotopic (exact) mass is 327 g/mol. The number of amides is 1. The average molecular weight is 328 g/mol. The Balaban J connectivity index is 1.88. The van der Waals surface area contributed by atoms with E-state index in [4.69, 9.17) is 5.73 Å². The van der Waals surface area contributed by atoms with Gasteiger partial charge in [-0.25, -0.2) is 4.98 Å². The Bertz CT molecular complexity index is 442. The number of rotatable bonds is 6. The normalized spacial score (nSPS) is 18.2. The smallest absolute Gasteiger partial charge is 0.270 e. The van der Waals surface area contributed by atoms with Gasteiger partial charge in [0.25, 0.3) is 5.91 Å². The maximum Gasteiger partial charge on any atom is 0.270 e. The highest BCUT2D eigenvalue weighted by molar-refractivity contribution is 7.98. The van der Waals surface area contributed by atoms with Crippen molar-refractivity contribution >= 4 is 29.0 Å². The molecule has 0 radical (unpaired) electrons. The zero-order valence-electron chi connectivity index (χ0n) is 12.6. The molecular weight excluding hydrogens is 302 g/mol. The molecule has 1 saturated carbocycles. The molecule has 21 heavy (non-hydrogen) atoms. The first kappa shape index (κ1) is 16.8. The molecule has 1 unspecified atom stereocenters. The molecule has 0 bridgehead atoms. The van der Waals surface area contributed by atoms with Crippen molar-refractivity contribution in [1.82, 2.24) is 10.3 Å². The number of aromatic nitrogens is 1. The fraction of sp³-hybridized carbons (Fsp3) is 0.733. The minimum absolute atomic E-state index is 0.0403. The van der Waals surface area contributed by atoms with Crippen LogP contribution in [0, 0.1) is 0 Å². The van der Waals surface area contributed by atoms with Gasteiger partial charge in [-0.1, -0.05) is 25.7 Å². The molecule has 0 aliphatic heterocycles. The zero-order valence-corrected chi connectivity index (χ0v) is 14.3. The van der Waals surface area contributed by atoms with E-state index >= 15 is 0 Å². The molecule has 2 rings (SSSR count). The lowest BCUT2D eigenvalue weighted by Gasteiger charge is -2.15. The van der Waals surface area contributed by atoms with Crippen molar-refractivity contribution in [1.29, 1.82) is 0 Å². The fourth-order valence-electron chi connectivity index (χ4n) is 2.61. The molecule has 1 heterocycles. The van der Waals surface area contributed by atoms with Crippen LogP contribution in [0.15, 0.2) is 5.38 Å². The van der Waals surface area contributed by atoms with Crippen LogP contribution in [-0.2, 0) is 0 Å². The number of carbonyl (C=O) groups excluding carboxylic acids is 1. The molecule has 6 heteroatoms. The maximum absolute atomic E-state index is 12.3. The Hall–Kier alpha value is -0.590. The van der Waals surface area contributed by atoms with E-state index in [0.29, 0.717) is 11.7 Å². The van der Waals surface area contributed by atoms with Crippen LogP contribution in [0.3, 0.4) is 0 Å². The first-order chi connectivity index (χ1) is 10.2. The van der Waals surface area contributed by atoms with Crippen LogP contribution >= 0.6 is 23.1 Å². The lowest BCUT2D eigenvalue weighted by Crippen LogP contribution is -2.34. The van der Waals surface area contributed by atoms with E-state index < -0.39 is 0 Å². The first-order valence-corrected chi connectivity index (χ1v) is 9.99. The molecule has 0 saturated heterocycles. The van der Waals surface area contributed by atoms with Gasteiger partial charge >= 0.3 is 0 Å². The minimum Gasteiger partial charge on any atom is -0.348 e. The summed E-state index contributed by atoms with van der Waals surface area (Å²) in [7, 11) is 0. The zero-order chi connectivity index (χ0) is 15.1. The van der Waals surface area contributed by atoms with Crippen molar-refractivity contribution in [2.24, 2.45) is 5.73 Å². The first-order valence-electron chi connectivity index (χ1n) is 7.71. The lowest BCUT2D eigenvalue weighted by atomic mass is 10.1. The number of thiazole rings is 1. The largest absolute Gasteiger partial charge is 0.348 e. The number of carbonyl (C=O) groups is 1. The van der Waals surface area contributed by atoms with Crippen LogP contribution in [-0.4, -0.2) is 28.9 Å². The van der Waals surface area contributed by atoms with Gasteiger partial charge in [0.05, 0.1) is 6.04 Å². The number of hydrogen-bond acceptors (Lipinski definition) is 5. The molecule has 3 N–H and O–H groups in total. The molecular formula is C15H25N3OS2. The maximum atomic E-state index is 12.3. The van der Waals surface area contributed by atoms with Gasteiger partial charge in [-0.15, -0.1) is 11.3 Å². The summed E-state index contributed by atoms with van der Waals surface area (Å²) in [5, 5.41) is 5.83. The third-order valence-corrected chi connectivity index (χ3v) is 5.52. The second-order valence-corrected chi connectivity index (χ2v) is 7.50. The van der Waals surface area contributed by atoms with E-state index in [1.807, 2.05) is 5.38 Å². The Labute approximate surface area is 135 Å². The number of nitrogens with two attached hydrogens (primary N) is 1. The summed E-state index contributed by atoms with van der Waals surface area (Å²) in [5.74, 6) is 0.978. The molecule has 1 aliphatic carbocycles. The molecule has 0 spiro atoms. The standard InChI is InChI=1S/C15H25N3OS2/c1-20-9-8-12(16)15-18-13(10-21-15)14(19)17-11-6-4-2-3-5-7-11/h10-12H,2-9,16H2,1H3,(H,17,19). The number of thioether (sulfide) groups is 1. The van der Waals surface area contributed by atoms with Gasteiger partial charge in [0.1, 0.15) is 10.7 Å². The molecule has 1 aliphatic rings. The summed E-state index contributed by atoms with van der Waals surface area (Å²) in [5.41, 5.74) is 6.63. The van der Waals surface area contributed by atoms with Gasteiger partial charge < -0.3 is 11.1 Å². The van der Waals surface area contributed by atoms with Gasteiger partial charge in [0, 0.05) is 11.4 Å². The molecule has 1 atom stereocenters. The summed E-state index contributed by atoms with van der Waals surface area (Å²) in [4.78, 5) is 16.7. The van der Waals surface area contributed by atoms with Crippen LogP contribution in [0.25, 0.3) is 0 Å². The molecule has 1 amide bonds. The number of nitrogens with zero attached hydrogens (tertiary/aromatic N) is 1. The van der Waals surface area contributed by atoms with Crippen molar-refractivity contribution in [2.45, 2.75) is 57.0 Å². The highest BCUT2D eigenvalue weighted by Crippen LogP contribution is 2.21. The van der Waals surface area contributed by atoms with Crippen LogP contribution in [0.2, 0.25) is 0 Å². The second-order valence-electron chi connectivity index (χ2n) is 5.62. The van der Waals surface area contributed by atoms with Crippen molar-refractivity contribution in [3.63, 3.8) is 0 Å². The van der Waals surface area contributed by atoms with Crippen LogP contribution < -0.4 is 11.1 Å². The van der Waals surface area contributed by atoms with Gasteiger partial charge in [-0.05, 0) is 31.3 Å². The average Bonchev–Trinajstić information content (AvgIpc) is 2.85. The van der Waals surface area contributed by atoms with Crippen LogP contribution in [0.1, 0.15) is 66.5 Å². The Kier molecular flexibility index (Phi) is 6.99. The van der Waals surface area contributed by atoms with E-state index in [-0.39, 0.29) is 11.9 Å². The highest BCUT2D eigenvalue weighted by atomic mass is 32.2. The SMILES string of the molecule is CSCCC(N)c1nc(C(=O)NC2CCCCCC2)cs1. The molecule has 118 valence electrons. The van der Waals surface area contributed by atoms with E-state index in [1.165, 1.54) is 37.0 Å². The summed E-state index contributed by atoms with van der Waals surface area (Å²) >= 11 is 3.28. The van der Waals surface area contributed by atoms with Crippen LogP contribution in [0.5, 0.6) is 0 Å². The Morgan fingerprint density at radius 1 is 1.48 bits per heavy atom. The minimum atomic E-state index is -0.0538. The van der Waals surface area contributed by atoms with Crippen molar-refractivity contribution < 1.29 is 4.79 Å². The van der Waals surface area contributed by atoms with Gasteiger partial charge in [0.2, 0.25) is 0 Å². The highest BCUT2D eigenvalue weighted by Gasteiger charge is 2.19. The van der Waals surface area contributed by atoms with Gasteiger partial charge in [-0.2, -0.15) is 11.8 Å². The van der Waals surface area contributed by atoms with E-state index in [0.717, 1.165) is 30.0 Å². The number of nitrogens with one attached hydrogen (secondary N) is 1. The topological polar surface area (TPSA) is 68.0 Å². The molecule has 4 nitrogen and oxygen atoms in total. The summed E-state index contributed by atoms with van der Waals surface area (Å²) in [6, 6.07) is 0.261. The van der Waals surface area contributed by atoms with E-state index in [9.17, 15) is 4.79 Å². The fourth-order valence-corrected chi connectivity index (χ4v) is 3.94. The molecule has 0 aromatic carbocycles. The third-order valence-electron chi connectivity index (χ3n) is 3.90. The Morgan fingerprint density at radius 3 is 2.86 bits per heavy atom. The van der Waals surface area contributed by atoms with Crippen molar-refractivity contribution in [2.75, 3.05) is 12.0 Å². The Morgan fingerprint density at radius 2 is 2.19 bits per heavy atom. The quantitative estimate of drug-likeness (QED) is 0.786. The van der Waals surface area contributed by atoms with E-state index in [2.05, 4.69) is 16.6 Å². The lowest BCUT2D eigenvalue weighted by molar-refractivity contribution is 0.0929. The predicted molar refractivity (Wildman–Crippen MR) is 91.0 cm³/mol. The molecule has 1 aromatic heterocycles. The van der Waals surface area contributed by atoms with Crippen molar-refractivity contribution in [3.8, 4) is 0 Å². The summed E-state index contributed by atoms with van der Waals surface area (Å²) in [6.45, 7) is 0. The van der Waals surface area contributed by atoms with Gasteiger partial charge in [0.15, 0.2) is 0 Å². The van der Waals surface area contributed by atoms with Crippen LogP contribution in [0.4, 0.5) is 0 Å². The van der Waals surface area contributed by atoms with Crippen molar-refractivity contribution in [3.05, 3.63) is 16.1 Å². The second kappa shape index (κ2) is 8.76. The van der Waals surface area contributed by atoms with Gasteiger partial charge in [-0.3, -0.25) is 4.79 Å². The number of hydrogen-bond donors (Lipinski definition) is 2. The van der Waals surface area contributed by atoms with E-state index in [1.54, 1.807) is 11.8 Å². The summed E-state index contributed by atoms with van der Waals surface area (Å²) in [6.07, 6.45) is 10.2. The molecule has 1 aromatic rings. The molecule has 1 fully saturated rings. The third kappa shape index (κ3) is 5.27. The summed E-state index contributed by atoms with van der Waals surface area (Å²) < 4.78 is 0. The predicted octanol–water partition coefficient (Wildman–Crippen LogP) is 3.35.